The lowest BCUT2D eigenvalue weighted by molar-refractivity contribution is -0.0255. The highest BCUT2D eigenvalue weighted by molar-refractivity contribution is 5.90. The highest BCUT2D eigenvalue weighted by atomic mass is 16.5. The van der Waals surface area contributed by atoms with E-state index in [1.54, 1.807) is 29.2 Å². The van der Waals surface area contributed by atoms with E-state index in [9.17, 15) is 9.90 Å². The molecule has 0 saturated carbocycles. The number of aliphatic hydroxyl groups is 1. The Kier molecular flexibility index (Phi) is 5.53. The fourth-order valence-corrected chi connectivity index (χ4v) is 3.20. The minimum atomic E-state index is -0.288. The van der Waals surface area contributed by atoms with Crippen molar-refractivity contribution < 1.29 is 14.6 Å². The zero-order valence-electron chi connectivity index (χ0n) is 15.2. The molecule has 0 atom stereocenters. The molecule has 2 amide bonds. The van der Waals surface area contributed by atoms with Crippen LogP contribution in [-0.2, 0) is 4.74 Å². The van der Waals surface area contributed by atoms with Crippen molar-refractivity contribution in [1.29, 1.82) is 0 Å². The quantitative estimate of drug-likeness (QED) is 0.850. The number of carbonyl (C=O) groups is 1. The monoisotopic (exact) mass is 359 g/mol. The molecule has 140 valence electrons. The molecule has 26 heavy (non-hydrogen) atoms. The van der Waals surface area contributed by atoms with Crippen molar-refractivity contribution in [2.45, 2.75) is 19.8 Å². The van der Waals surface area contributed by atoms with Gasteiger partial charge < -0.3 is 20.1 Å². The van der Waals surface area contributed by atoms with Crippen molar-refractivity contribution in [3.63, 3.8) is 0 Å². The number of urea groups is 1. The van der Waals surface area contributed by atoms with E-state index in [4.69, 9.17) is 4.74 Å². The van der Waals surface area contributed by atoms with Crippen LogP contribution in [0.5, 0.6) is 0 Å². The second kappa shape index (κ2) is 7.84. The summed E-state index contributed by atoms with van der Waals surface area (Å²) in [5, 5.41) is 20.4. The number of aromatic nitrogens is 3. The van der Waals surface area contributed by atoms with Gasteiger partial charge in [-0.2, -0.15) is 0 Å². The summed E-state index contributed by atoms with van der Waals surface area (Å²) in [4.78, 5) is 14.3. The third-order valence-electron chi connectivity index (χ3n) is 4.99. The molecule has 1 aromatic heterocycles. The summed E-state index contributed by atoms with van der Waals surface area (Å²) in [5.41, 5.74) is 2.28. The van der Waals surface area contributed by atoms with Crippen LogP contribution in [0.15, 0.2) is 30.9 Å². The van der Waals surface area contributed by atoms with Gasteiger partial charge in [0.05, 0.1) is 12.3 Å². The summed E-state index contributed by atoms with van der Waals surface area (Å²) < 4.78 is 7.17. The second-order valence-corrected chi connectivity index (χ2v) is 6.93. The predicted octanol–water partition coefficient (Wildman–Crippen LogP) is 1.83. The lowest BCUT2D eigenvalue weighted by Gasteiger charge is -2.38. The molecule has 1 saturated heterocycles. The van der Waals surface area contributed by atoms with Gasteiger partial charge in [0.25, 0.3) is 0 Å². The zero-order chi connectivity index (χ0) is 18.6. The molecule has 2 aromatic rings. The lowest BCUT2D eigenvalue weighted by atomic mass is 9.80. The molecule has 3 rings (SSSR count). The Morgan fingerprint density at radius 1 is 1.35 bits per heavy atom. The van der Waals surface area contributed by atoms with Crippen LogP contribution < -0.4 is 5.32 Å². The van der Waals surface area contributed by atoms with Gasteiger partial charge in [-0.1, -0.05) is 6.07 Å². The van der Waals surface area contributed by atoms with Crippen LogP contribution in [0.25, 0.3) is 5.69 Å². The number of aryl methyl sites for hydroxylation is 1. The number of rotatable bonds is 5. The van der Waals surface area contributed by atoms with E-state index < -0.39 is 0 Å². The van der Waals surface area contributed by atoms with Gasteiger partial charge in [-0.15, -0.1) is 10.2 Å². The molecule has 0 aliphatic carbocycles. The van der Waals surface area contributed by atoms with Gasteiger partial charge in [-0.05, 0) is 37.5 Å². The Bertz CT molecular complexity index is 741. The van der Waals surface area contributed by atoms with E-state index in [0.29, 0.717) is 19.8 Å². The molecular formula is C18H25N5O3. The van der Waals surface area contributed by atoms with Crippen molar-refractivity contribution >= 4 is 11.7 Å². The maximum absolute atomic E-state index is 12.7. The Balaban J connectivity index is 1.70. The SMILES string of the molecule is Cc1ccc(-n2cnnc2)cc1NC(=O)N(C)CC1(CO)CCOCC1. The normalized spacial score (nSPS) is 16.3. The first-order valence-corrected chi connectivity index (χ1v) is 8.69. The number of hydrogen-bond donors (Lipinski definition) is 2. The molecule has 1 aromatic carbocycles. The number of nitrogens with zero attached hydrogens (tertiary/aromatic N) is 4. The van der Waals surface area contributed by atoms with Gasteiger partial charge in [0.1, 0.15) is 12.7 Å². The first-order valence-electron chi connectivity index (χ1n) is 8.69. The number of aliphatic hydroxyl groups excluding tert-OH is 1. The average Bonchev–Trinajstić information content (AvgIpc) is 3.19. The van der Waals surface area contributed by atoms with E-state index in [1.807, 2.05) is 25.1 Å². The van der Waals surface area contributed by atoms with Crippen molar-refractivity contribution in [2.24, 2.45) is 5.41 Å². The van der Waals surface area contributed by atoms with Crippen molar-refractivity contribution in [1.82, 2.24) is 19.7 Å². The van der Waals surface area contributed by atoms with Crippen molar-refractivity contribution in [2.75, 3.05) is 38.7 Å². The Labute approximate surface area is 152 Å². The van der Waals surface area contributed by atoms with Crippen LogP contribution in [0.1, 0.15) is 18.4 Å². The summed E-state index contributed by atoms with van der Waals surface area (Å²) in [5.74, 6) is 0. The van der Waals surface area contributed by atoms with Gasteiger partial charge in [-0.3, -0.25) is 4.57 Å². The minimum Gasteiger partial charge on any atom is -0.396 e. The van der Waals surface area contributed by atoms with E-state index in [0.717, 1.165) is 29.8 Å². The maximum atomic E-state index is 12.7. The van der Waals surface area contributed by atoms with E-state index in [-0.39, 0.29) is 18.1 Å². The van der Waals surface area contributed by atoms with Crippen LogP contribution in [-0.4, -0.2) is 64.2 Å². The molecule has 0 spiro atoms. The maximum Gasteiger partial charge on any atom is 0.321 e. The van der Waals surface area contributed by atoms with E-state index >= 15 is 0 Å². The summed E-state index contributed by atoms with van der Waals surface area (Å²) in [7, 11) is 1.75. The van der Waals surface area contributed by atoms with Crippen LogP contribution in [0.2, 0.25) is 0 Å². The van der Waals surface area contributed by atoms with Crippen molar-refractivity contribution in [3.8, 4) is 5.69 Å². The first-order chi connectivity index (χ1) is 12.5. The predicted molar refractivity (Wildman–Crippen MR) is 97.3 cm³/mol. The summed E-state index contributed by atoms with van der Waals surface area (Å²) >= 11 is 0. The van der Waals surface area contributed by atoms with Crippen LogP contribution in [0.3, 0.4) is 0 Å². The third kappa shape index (κ3) is 4.03. The number of ether oxygens (including phenoxy) is 1. The second-order valence-electron chi connectivity index (χ2n) is 6.93. The van der Waals surface area contributed by atoms with Gasteiger partial charge in [-0.25, -0.2) is 4.79 Å². The van der Waals surface area contributed by atoms with Crippen molar-refractivity contribution in [3.05, 3.63) is 36.4 Å². The molecule has 1 aliphatic rings. The van der Waals surface area contributed by atoms with E-state index in [1.165, 1.54) is 0 Å². The number of anilines is 1. The number of nitrogens with one attached hydrogen (secondary N) is 1. The molecule has 0 radical (unpaired) electrons. The summed E-state index contributed by atoms with van der Waals surface area (Å²) in [6, 6.07) is 5.58. The summed E-state index contributed by atoms with van der Waals surface area (Å²) in [6.07, 6.45) is 4.73. The molecule has 2 heterocycles. The molecular weight excluding hydrogens is 334 g/mol. The smallest absolute Gasteiger partial charge is 0.321 e. The third-order valence-corrected chi connectivity index (χ3v) is 4.99. The first kappa shape index (κ1) is 18.3. The molecule has 0 bridgehead atoms. The largest absolute Gasteiger partial charge is 0.396 e. The summed E-state index contributed by atoms with van der Waals surface area (Å²) in [6.45, 7) is 3.73. The van der Waals surface area contributed by atoms with E-state index in [2.05, 4.69) is 15.5 Å². The zero-order valence-corrected chi connectivity index (χ0v) is 15.2. The van der Waals surface area contributed by atoms with Gasteiger partial charge in [0.2, 0.25) is 0 Å². The highest BCUT2D eigenvalue weighted by Gasteiger charge is 2.34. The minimum absolute atomic E-state index is 0.0517. The van der Waals surface area contributed by atoms with Gasteiger partial charge in [0.15, 0.2) is 0 Å². The fraction of sp³-hybridized carbons (Fsp3) is 0.500. The van der Waals surface area contributed by atoms with Gasteiger partial charge >= 0.3 is 6.03 Å². The molecule has 1 aliphatic heterocycles. The molecule has 8 nitrogen and oxygen atoms in total. The molecule has 1 fully saturated rings. The molecule has 0 unspecified atom stereocenters. The number of hydrogen-bond acceptors (Lipinski definition) is 5. The average molecular weight is 359 g/mol. The molecule has 8 heteroatoms. The Morgan fingerprint density at radius 3 is 2.69 bits per heavy atom. The highest BCUT2D eigenvalue weighted by Crippen LogP contribution is 2.31. The fourth-order valence-electron chi connectivity index (χ4n) is 3.20. The number of amides is 2. The standard InChI is InChI=1S/C18H25N5O3/c1-14-3-4-15(23-12-19-20-13-23)9-16(14)21-17(25)22(2)10-18(11-24)5-7-26-8-6-18/h3-4,9,12-13,24H,5-8,10-11H2,1-2H3,(H,21,25). The van der Waals surface area contributed by atoms with Crippen LogP contribution >= 0.6 is 0 Å². The Morgan fingerprint density at radius 2 is 2.04 bits per heavy atom. The Hall–Kier alpha value is -2.45. The van der Waals surface area contributed by atoms with Crippen LogP contribution in [0, 0.1) is 12.3 Å². The number of benzene rings is 1. The van der Waals surface area contributed by atoms with Gasteiger partial charge in [0, 0.05) is 37.9 Å². The molecule has 2 N–H and O–H groups in total. The number of carbonyl (C=O) groups excluding carboxylic acids is 1. The van der Waals surface area contributed by atoms with Crippen LogP contribution in [0.4, 0.5) is 10.5 Å². The lowest BCUT2D eigenvalue weighted by Crippen LogP contribution is -2.45. The topological polar surface area (TPSA) is 92.5 Å².